The highest BCUT2D eigenvalue weighted by molar-refractivity contribution is 7.13. The van der Waals surface area contributed by atoms with Crippen molar-refractivity contribution in [1.82, 2.24) is 9.88 Å². The van der Waals surface area contributed by atoms with Gasteiger partial charge in [0.05, 0.1) is 24.8 Å². The topological polar surface area (TPSA) is 62.7 Å². The van der Waals surface area contributed by atoms with Crippen molar-refractivity contribution in [2.45, 2.75) is 24.9 Å². The standard InChI is InChI=1S/C23H23ClN2O3S/c1-29-20-4-2-3-16(13-20)22-25-19(15-30-22)14-21(27)26-11-9-23(28,10-12-26)17-5-7-18(24)8-6-17/h2-8,13,15,28H,9-12,14H2,1H3. The SMILES string of the molecule is COc1cccc(-c2nc(CC(=O)N3CCC(O)(c4ccc(Cl)cc4)CC3)cs2)c1. The molecular weight excluding hydrogens is 420 g/mol. The first-order chi connectivity index (χ1) is 14.5. The molecule has 2 aromatic carbocycles. The van der Waals surface area contributed by atoms with Gasteiger partial charge < -0.3 is 14.7 Å². The number of carbonyl (C=O) groups excluding carboxylic acids is 1. The van der Waals surface area contributed by atoms with Crippen LogP contribution >= 0.6 is 22.9 Å². The lowest BCUT2D eigenvalue weighted by molar-refractivity contribution is -0.135. The highest BCUT2D eigenvalue weighted by Crippen LogP contribution is 2.34. The quantitative estimate of drug-likeness (QED) is 0.630. The molecule has 0 saturated carbocycles. The first kappa shape index (κ1) is 20.8. The average molecular weight is 443 g/mol. The van der Waals surface area contributed by atoms with Crippen LogP contribution in [0, 0.1) is 0 Å². The number of amides is 1. The number of methoxy groups -OCH3 is 1. The van der Waals surface area contributed by atoms with Crippen LogP contribution < -0.4 is 4.74 Å². The van der Waals surface area contributed by atoms with Crippen LogP contribution in [0.4, 0.5) is 0 Å². The summed E-state index contributed by atoms with van der Waals surface area (Å²) in [6.07, 6.45) is 1.28. The molecule has 1 aliphatic heterocycles. The smallest absolute Gasteiger partial charge is 0.228 e. The molecule has 7 heteroatoms. The van der Waals surface area contributed by atoms with E-state index in [1.807, 2.05) is 46.7 Å². The Balaban J connectivity index is 1.37. The van der Waals surface area contributed by atoms with Crippen molar-refractivity contribution in [3.63, 3.8) is 0 Å². The lowest BCUT2D eigenvalue weighted by Gasteiger charge is -2.38. The van der Waals surface area contributed by atoms with Gasteiger partial charge in [0.2, 0.25) is 5.91 Å². The van der Waals surface area contributed by atoms with Crippen LogP contribution in [0.1, 0.15) is 24.1 Å². The van der Waals surface area contributed by atoms with Gasteiger partial charge in [-0.15, -0.1) is 11.3 Å². The van der Waals surface area contributed by atoms with Crippen molar-refractivity contribution in [2.75, 3.05) is 20.2 Å². The summed E-state index contributed by atoms with van der Waals surface area (Å²) >= 11 is 7.47. The molecule has 3 aromatic rings. The fourth-order valence-corrected chi connectivity index (χ4v) is 4.66. The third-order valence-electron chi connectivity index (χ3n) is 5.53. The van der Waals surface area contributed by atoms with E-state index < -0.39 is 5.60 Å². The van der Waals surface area contributed by atoms with E-state index in [0.717, 1.165) is 27.6 Å². The van der Waals surface area contributed by atoms with Crippen molar-refractivity contribution >= 4 is 28.8 Å². The summed E-state index contributed by atoms with van der Waals surface area (Å²) < 4.78 is 5.27. The minimum absolute atomic E-state index is 0.0376. The fourth-order valence-electron chi connectivity index (χ4n) is 3.72. The Morgan fingerprint density at radius 2 is 1.97 bits per heavy atom. The largest absolute Gasteiger partial charge is 0.497 e. The zero-order valence-corrected chi connectivity index (χ0v) is 18.2. The number of nitrogens with zero attached hydrogens (tertiary/aromatic N) is 2. The number of halogens is 1. The maximum Gasteiger partial charge on any atom is 0.228 e. The molecule has 30 heavy (non-hydrogen) atoms. The lowest BCUT2D eigenvalue weighted by Crippen LogP contribution is -2.45. The van der Waals surface area contributed by atoms with Crippen LogP contribution in [-0.2, 0) is 16.8 Å². The summed E-state index contributed by atoms with van der Waals surface area (Å²) in [6, 6.07) is 15.0. The number of likely N-dealkylation sites (tertiary alicyclic amines) is 1. The number of carbonyl (C=O) groups is 1. The molecule has 1 aromatic heterocycles. The van der Waals surface area contributed by atoms with Gasteiger partial charge in [0.15, 0.2) is 0 Å². The Bertz CT molecular complexity index is 1030. The number of hydrogen-bond acceptors (Lipinski definition) is 5. The van der Waals surface area contributed by atoms with Crippen molar-refractivity contribution in [1.29, 1.82) is 0 Å². The Hall–Kier alpha value is -2.41. The molecule has 1 N–H and O–H groups in total. The van der Waals surface area contributed by atoms with Gasteiger partial charge in [-0.05, 0) is 42.7 Å². The number of aliphatic hydroxyl groups is 1. The minimum atomic E-state index is -0.915. The molecule has 0 spiro atoms. The van der Waals surface area contributed by atoms with E-state index in [9.17, 15) is 9.90 Å². The van der Waals surface area contributed by atoms with Crippen molar-refractivity contribution < 1.29 is 14.6 Å². The molecule has 156 valence electrons. The normalized spacial score (nSPS) is 15.8. The number of benzene rings is 2. The van der Waals surface area contributed by atoms with Gasteiger partial charge in [-0.3, -0.25) is 4.79 Å². The van der Waals surface area contributed by atoms with Crippen LogP contribution in [0.2, 0.25) is 5.02 Å². The van der Waals surface area contributed by atoms with E-state index in [4.69, 9.17) is 16.3 Å². The van der Waals surface area contributed by atoms with E-state index >= 15 is 0 Å². The van der Waals surface area contributed by atoms with Crippen LogP contribution in [0.5, 0.6) is 5.75 Å². The molecule has 1 aliphatic rings. The molecule has 0 aliphatic carbocycles. The summed E-state index contributed by atoms with van der Waals surface area (Å²) in [7, 11) is 1.64. The zero-order valence-electron chi connectivity index (χ0n) is 16.7. The van der Waals surface area contributed by atoms with E-state index in [2.05, 4.69) is 4.98 Å². The molecule has 0 bridgehead atoms. The second-order valence-electron chi connectivity index (χ2n) is 7.47. The third kappa shape index (κ3) is 4.51. The molecule has 2 heterocycles. The molecule has 1 fully saturated rings. The highest BCUT2D eigenvalue weighted by atomic mass is 35.5. The first-order valence-electron chi connectivity index (χ1n) is 9.82. The summed E-state index contributed by atoms with van der Waals surface area (Å²) in [5.41, 5.74) is 1.67. The van der Waals surface area contributed by atoms with Crippen LogP contribution in [0.15, 0.2) is 53.9 Å². The molecule has 0 atom stereocenters. The van der Waals surface area contributed by atoms with Crippen molar-refractivity contribution in [3.05, 3.63) is 70.2 Å². The van der Waals surface area contributed by atoms with E-state index in [0.29, 0.717) is 31.0 Å². The van der Waals surface area contributed by atoms with E-state index in [-0.39, 0.29) is 12.3 Å². The number of ether oxygens (including phenoxy) is 1. The Kier molecular flexibility index (Phi) is 6.09. The van der Waals surface area contributed by atoms with Gasteiger partial charge in [0.25, 0.3) is 0 Å². The van der Waals surface area contributed by atoms with E-state index in [1.165, 1.54) is 11.3 Å². The van der Waals surface area contributed by atoms with Crippen LogP contribution in [0.25, 0.3) is 10.6 Å². The Labute approximate surface area is 184 Å². The maximum absolute atomic E-state index is 12.8. The van der Waals surface area contributed by atoms with Crippen LogP contribution in [0.3, 0.4) is 0 Å². The number of hydrogen-bond donors (Lipinski definition) is 1. The van der Waals surface area contributed by atoms with Gasteiger partial charge in [-0.2, -0.15) is 0 Å². The summed E-state index contributed by atoms with van der Waals surface area (Å²) in [6.45, 7) is 1.04. The predicted octanol–water partition coefficient (Wildman–Crippen LogP) is 4.52. The molecule has 0 radical (unpaired) electrons. The molecule has 4 rings (SSSR count). The molecule has 1 amide bonds. The van der Waals surface area contributed by atoms with Gasteiger partial charge in [0, 0.05) is 29.1 Å². The fraction of sp³-hybridized carbons (Fsp3) is 0.304. The Morgan fingerprint density at radius 3 is 2.67 bits per heavy atom. The number of thiazole rings is 1. The second-order valence-corrected chi connectivity index (χ2v) is 8.77. The number of aromatic nitrogens is 1. The Morgan fingerprint density at radius 1 is 1.23 bits per heavy atom. The monoisotopic (exact) mass is 442 g/mol. The number of rotatable bonds is 5. The van der Waals surface area contributed by atoms with Crippen molar-refractivity contribution in [2.24, 2.45) is 0 Å². The molecule has 1 saturated heterocycles. The molecule has 0 unspecified atom stereocenters. The average Bonchev–Trinajstić information content (AvgIpc) is 3.23. The summed E-state index contributed by atoms with van der Waals surface area (Å²) in [5.74, 6) is 0.817. The lowest BCUT2D eigenvalue weighted by atomic mass is 9.84. The van der Waals surface area contributed by atoms with Crippen LogP contribution in [-0.4, -0.2) is 41.1 Å². The second kappa shape index (κ2) is 8.76. The molecular formula is C23H23ClN2O3S. The van der Waals surface area contributed by atoms with E-state index in [1.54, 1.807) is 19.2 Å². The number of piperidine rings is 1. The highest BCUT2D eigenvalue weighted by Gasteiger charge is 2.35. The predicted molar refractivity (Wildman–Crippen MR) is 119 cm³/mol. The molecule has 5 nitrogen and oxygen atoms in total. The summed E-state index contributed by atoms with van der Waals surface area (Å²) in [4.78, 5) is 19.2. The zero-order chi connectivity index (χ0) is 21.1. The van der Waals surface area contributed by atoms with Gasteiger partial charge in [-0.1, -0.05) is 35.9 Å². The van der Waals surface area contributed by atoms with Gasteiger partial charge >= 0.3 is 0 Å². The van der Waals surface area contributed by atoms with Gasteiger partial charge in [-0.25, -0.2) is 4.98 Å². The third-order valence-corrected chi connectivity index (χ3v) is 6.72. The summed E-state index contributed by atoms with van der Waals surface area (Å²) in [5, 5.41) is 14.4. The van der Waals surface area contributed by atoms with Gasteiger partial charge in [0.1, 0.15) is 10.8 Å². The first-order valence-corrected chi connectivity index (χ1v) is 11.1. The maximum atomic E-state index is 12.8. The van der Waals surface area contributed by atoms with Crippen molar-refractivity contribution in [3.8, 4) is 16.3 Å². The minimum Gasteiger partial charge on any atom is -0.497 e.